The molecule has 0 aliphatic rings. The summed E-state index contributed by atoms with van der Waals surface area (Å²) < 4.78 is 0. The number of fused-ring (bicyclic) bond motifs is 1. The van der Waals surface area contributed by atoms with Gasteiger partial charge >= 0.3 is 5.97 Å². The van der Waals surface area contributed by atoms with Crippen LogP contribution in [0.2, 0.25) is 0 Å². The Labute approximate surface area is 182 Å². The molecule has 0 aliphatic carbocycles. The number of para-hydroxylation sites is 1. The Morgan fingerprint density at radius 1 is 0.903 bits per heavy atom. The second-order valence-corrected chi connectivity index (χ2v) is 7.66. The van der Waals surface area contributed by atoms with Crippen molar-refractivity contribution in [3.63, 3.8) is 0 Å². The van der Waals surface area contributed by atoms with E-state index in [0.717, 1.165) is 39.1 Å². The topological polar surface area (TPSA) is 65.5 Å². The molecule has 0 amide bonds. The lowest BCUT2D eigenvalue weighted by Gasteiger charge is -2.14. The molecule has 4 rings (SSSR count). The van der Waals surface area contributed by atoms with Crippen LogP contribution in [0.25, 0.3) is 33.3 Å². The van der Waals surface area contributed by atoms with Crippen molar-refractivity contribution >= 4 is 28.2 Å². The summed E-state index contributed by atoms with van der Waals surface area (Å²) in [5, 5.41) is 13.2. The fourth-order valence-electron chi connectivity index (χ4n) is 3.57. The first kappa shape index (κ1) is 20.4. The minimum atomic E-state index is -0.819. The molecule has 0 saturated carbocycles. The summed E-state index contributed by atoms with van der Waals surface area (Å²) in [4.78, 5) is 17.8. The van der Waals surface area contributed by atoms with E-state index in [2.05, 4.69) is 58.7 Å². The molecule has 0 unspecified atom stereocenters. The Morgan fingerprint density at radius 2 is 1.65 bits per heavy atom. The van der Waals surface area contributed by atoms with Crippen molar-refractivity contribution in [1.29, 1.82) is 0 Å². The molecule has 2 N–H and O–H groups in total. The molecule has 3 aromatic carbocycles. The number of nitrogens with zero attached hydrogens (tertiary/aromatic N) is 2. The molecular formula is C26H25N3O2. The third-order valence-electron chi connectivity index (χ3n) is 5.25. The Balaban J connectivity index is 1.67. The van der Waals surface area contributed by atoms with E-state index in [-0.39, 0.29) is 6.42 Å². The Hall–Kier alpha value is -3.86. The summed E-state index contributed by atoms with van der Waals surface area (Å²) in [7, 11) is 4.07. The molecule has 5 heteroatoms. The highest BCUT2D eigenvalue weighted by molar-refractivity contribution is 5.94. The number of hydrogen-bond donors (Lipinski definition) is 2. The molecule has 4 aromatic rings. The zero-order chi connectivity index (χ0) is 21.8. The van der Waals surface area contributed by atoms with Gasteiger partial charge in [-0.15, -0.1) is 0 Å². The van der Waals surface area contributed by atoms with Crippen molar-refractivity contribution in [3.05, 3.63) is 78.9 Å². The largest absolute Gasteiger partial charge is 0.481 e. The normalized spacial score (nSPS) is 10.8. The second kappa shape index (κ2) is 8.88. The van der Waals surface area contributed by atoms with Crippen LogP contribution in [-0.2, 0) is 4.79 Å². The maximum Gasteiger partial charge on any atom is 0.305 e. The Bertz CT molecular complexity index is 1220. The first-order valence-corrected chi connectivity index (χ1v) is 10.2. The highest BCUT2D eigenvalue weighted by atomic mass is 16.4. The number of nitrogens with one attached hydrogen (secondary N) is 1. The molecule has 156 valence electrons. The summed E-state index contributed by atoms with van der Waals surface area (Å²) in [6.45, 7) is 0.365. The number of aliphatic carboxylic acids is 1. The lowest BCUT2D eigenvalue weighted by molar-refractivity contribution is -0.136. The first-order chi connectivity index (χ1) is 15.0. The number of rotatable bonds is 7. The average Bonchev–Trinajstić information content (AvgIpc) is 2.79. The highest BCUT2D eigenvalue weighted by Crippen LogP contribution is 2.30. The third kappa shape index (κ3) is 4.67. The molecule has 31 heavy (non-hydrogen) atoms. The van der Waals surface area contributed by atoms with Crippen LogP contribution in [0.15, 0.2) is 78.9 Å². The lowest BCUT2D eigenvalue weighted by Crippen LogP contribution is -2.08. The van der Waals surface area contributed by atoms with Gasteiger partial charge in [-0.1, -0.05) is 54.6 Å². The minimum absolute atomic E-state index is 0.0622. The first-order valence-electron chi connectivity index (χ1n) is 10.2. The van der Waals surface area contributed by atoms with Crippen LogP contribution in [0, 0.1) is 0 Å². The van der Waals surface area contributed by atoms with E-state index in [1.165, 1.54) is 5.56 Å². The van der Waals surface area contributed by atoms with E-state index in [4.69, 9.17) is 10.1 Å². The van der Waals surface area contributed by atoms with E-state index < -0.39 is 5.97 Å². The Kier molecular flexibility index (Phi) is 5.85. The van der Waals surface area contributed by atoms with Crippen LogP contribution >= 0.6 is 0 Å². The predicted molar refractivity (Wildman–Crippen MR) is 128 cm³/mol. The molecule has 0 spiro atoms. The van der Waals surface area contributed by atoms with Crippen LogP contribution in [0.4, 0.5) is 11.4 Å². The van der Waals surface area contributed by atoms with Crippen LogP contribution < -0.4 is 10.2 Å². The second-order valence-electron chi connectivity index (χ2n) is 7.66. The van der Waals surface area contributed by atoms with E-state index in [9.17, 15) is 4.79 Å². The van der Waals surface area contributed by atoms with Crippen LogP contribution in [-0.4, -0.2) is 36.7 Å². The minimum Gasteiger partial charge on any atom is -0.481 e. The number of carboxylic acid groups (broad SMARTS) is 1. The summed E-state index contributed by atoms with van der Waals surface area (Å²) >= 11 is 0. The van der Waals surface area contributed by atoms with Gasteiger partial charge in [-0.25, -0.2) is 4.98 Å². The van der Waals surface area contributed by atoms with Crippen molar-refractivity contribution in [2.45, 2.75) is 6.42 Å². The molecular weight excluding hydrogens is 386 g/mol. The van der Waals surface area contributed by atoms with Gasteiger partial charge in [-0.05, 0) is 35.4 Å². The molecule has 0 fully saturated rings. The van der Waals surface area contributed by atoms with Gasteiger partial charge in [-0.3, -0.25) is 4.79 Å². The maximum atomic E-state index is 10.9. The molecule has 5 nitrogen and oxygen atoms in total. The number of carbonyl (C=O) groups is 1. The van der Waals surface area contributed by atoms with Crippen molar-refractivity contribution < 1.29 is 9.90 Å². The van der Waals surface area contributed by atoms with Gasteiger partial charge in [0.05, 0.1) is 17.6 Å². The average molecular weight is 412 g/mol. The summed E-state index contributed by atoms with van der Waals surface area (Å²) in [6, 6.07) is 26.7. The third-order valence-corrected chi connectivity index (χ3v) is 5.25. The van der Waals surface area contributed by atoms with Gasteiger partial charge in [0.2, 0.25) is 0 Å². The summed E-state index contributed by atoms with van der Waals surface area (Å²) in [6.07, 6.45) is 0.0622. The summed E-state index contributed by atoms with van der Waals surface area (Å²) in [5.41, 5.74) is 7.11. The Morgan fingerprint density at radius 3 is 2.39 bits per heavy atom. The fourth-order valence-corrected chi connectivity index (χ4v) is 3.57. The number of aromatic nitrogens is 1. The van der Waals surface area contributed by atoms with Gasteiger partial charge in [0, 0.05) is 43.0 Å². The molecule has 0 atom stereocenters. The van der Waals surface area contributed by atoms with Gasteiger partial charge in [0.15, 0.2) is 0 Å². The van der Waals surface area contributed by atoms with Gasteiger partial charge in [-0.2, -0.15) is 0 Å². The van der Waals surface area contributed by atoms with Crippen LogP contribution in [0.5, 0.6) is 0 Å². The van der Waals surface area contributed by atoms with Crippen molar-refractivity contribution in [3.8, 4) is 22.4 Å². The SMILES string of the molecule is CN(C)c1cccc(-c2ccc(-c3cc(NCCC(=O)O)c4ccccc4n3)cc2)c1. The van der Waals surface area contributed by atoms with Crippen molar-refractivity contribution in [2.24, 2.45) is 0 Å². The van der Waals surface area contributed by atoms with E-state index in [0.29, 0.717) is 6.54 Å². The maximum absolute atomic E-state index is 10.9. The fraction of sp³-hybridized carbons (Fsp3) is 0.154. The lowest BCUT2D eigenvalue weighted by atomic mass is 10.0. The van der Waals surface area contributed by atoms with Crippen molar-refractivity contribution in [1.82, 2.24) is 4.98 Å². The predicted octanol–water partition coefficient (Wildman–Crippen LogP) is 5.52. The molecule has 0 radical (unpaired) electrons. The van der Waals surface area contributed by atoms with Crippen LogP contribution in [0.1, 0.15) is 6.42 Å². The smallest absolute Gasteiger partial charge is 0.305 e. The van der Waals surface area contributed by atoms with Gasteiger partial charge < -0.3 is 15.3 Å². The summed E-state index contributed by atoms with van der Waals surface area (Å²) in [5.74, 6) is -0.819. The monoisotopic (exact) mass is 411 g/mol. The van der Waals surface area contributed by atoms with Crippen LogP contribution in [0.3, 0.4) is 0 Å². The number of benzene rings is 3. The van der Waals surface area contributed by atoms with E-state index in [1.54, 1.807) is 0 Å². The van der Waals surface area contributed by atoms with E-state index >= 15 is 0 Å². The molecule has 1 heterocycles. The number of carboxylic acids is 1. The standard InChI is InChI=1S/C26H25N3O2/c1-29(2)21-7-5-6-20(16-21)18-10-12-19(13-11-18)24-17-25(27-15-14-26(30)31)22-8-3-4-9-23(22)28-24/h3-13,16-17H,14-15H2,1-2H3,(H,27,28)(H,30,31). The molecule has 0 saturated heterocycles. The molecule has 1 aromatic heterocycles. The van der Waals surface area contributed by atoms with E-state index in [1.807, 2.05) is 44.4 Å². The van der Waals surface area contributed by atoms with Crippen molar-refractivity contribution in [2.75, 3.05) is 30.9 Å². The van der Waals surface area contributed by atoms with Gasteiger partial charge in [0.1, 0.15) is 0 Å². The zero-order valence-electron chi connectivity index (χ0n) is 17.7. The number of anilines is 2. The molecule has 0 aliphatic heterocycles. The molecule has 0 bridgehead atoms. The number of hydrogen-bond acceptors (Lipinski definition) is 4. The highest BCUT2D eigenvalue weighted by Gasteiger charge is 2.09. The quantitative estimate of drug-likeness (QED) is 0.419. The zero-order valence-corrected chi connectivity index (χ0v) is 17.7. The van der Waals surface area contributed by atoms with Gasteiger partial charge in [0.25, 0.3) is 0 Å². The number of pyridine rings is 1.